The summed E-state index contributed by atoms with van der Waals surface area (Å²) < 4.78 is 46.6. The van der Waals surface area contributed by atoms with Crippen LogP contribution in [-0.4, -0.2) is 30.1 Å². The van der Waals surface area contributed by atoms with Crippen molar-refractivity contribution in [1.82, 2.24) is 19.8 Å². The molecule has 2 aromatic heterocycles. The number of rotatable bonds is 7. The van der Waals surface area contributed by atoms with Crippen LogP contribution in [0.4, 0.5) is 4.39 Å². The minimum Gasteiger partial charge on any atom is -0.339 e. The summed E-state index contributed by atoms with van der Waals surface area (Å²) >= 11 is 5.77. The van der Waals surface area contributed by atoms with Crippen molar-refractivity contribution in [3.8, 4) is 0 Å². The molecule has 0 fully saturated rings. The largest absolute Gasteiger partial charge is 0.339 e. The van der Waals surface area contributed by atoms with Gasteiger partial charge in [0.1, 0.15) is 15.9 Å². The average Bonchev–Trinajstić information content (AvgIpc) is 3.07. The molecule has 0 saturated carbocycles. The Morgan fingerprint density at radius 1 is 1.26 bits per heavy atom. The molecular weight excluding hydrogens is 395 g/mol. The van der Waals surface area contributed by atoms with Gasteiger partial charge in [-0.3, -0.25) is 0 Å². The summed E-state index contributed by atoms with van der Waals surface area (Å²) in [5.41, 5.74) is 0.288. The van der Waals surface area contributed by atoms with Crippen LogP contribution in [0, 0.1) is 5.82 Å². The Balaban J connectivity index is 1.66. The lowest BCUT2D eigenvalue weighted by atomic mass is 10.2. The zero-order valence-electron chi connectivity index (χ0n) is 14.7. The van der Waals surface area contributed by atoms with Gasteiger partial charge in [0.15, 0.2) is 5.82 Å². The molecule has 2 heterocycles. The van der Waals surface area contributed by atoms with Gasteiger partial charge in [-0.05, 0) is 24.6 Å². The lowest BCUT2D eigenvalue weighted by Gasteiger charge is -2.08. The number of nitrogens with zero attached hydrogens (tertiary/aromatic N) is 3. The molecule has 0 saturated heterocycles. The molecule has 27 heavy (non-hydrogen) atoms. The van der Waals surface area contributed by atoms with Gasteiger partial charge in [-0.2, -0.15) is 4.98 Å². The smallest absolute Gasteiger partial charge is 0.243 e. The van der Waals surface area contributed by atoms with E-state index in [0.717, 1.165) is 6.07 Å². The molecule has 0 aliphatic heterocycles. The standard InChI is InChI=1S/C17H18ClFN4O3S/c1-10(2)17-22-16(26-23-17)4-3-7-20-27(24,25)14-8-11-5-6-15(18)21-13(11)9-12(14)19/h5-6,8-10,20H,3-4,7H2,1-2H3. The molecule has 0 aliphatic carbocycles. The Hall–Kier alpha value is -2.10. The molecule has 0 spiro atoms. The highest BCUT2D eigenvalue weighted by molar-refractivity contribution is 7.89. The van der Waals surface area contributed by atoms with Crippen LogP contribution in [0.5, 0.6) is 0 Å². The molecule has 1 N–H and O–H groups in total. The van der Waals surface area contributed by atoms with Gasteiger partial charge in [-0.1, -0.05) is 30.6 Å². The lowest BCUT2D eigenvalue weighted by Crippen LogP contribution is -2.26. The number of hydrogen-bond donors (Lipinski definition) is 1. The molecule has 3 aromatic rings. The second-order valence-electron chi connectivity index (χ2n) is 6.31. The normalized spacial score (nSPS) is 12.2. The number of aromatic nitrogens is 3. The second kappa shape index (κ2) is 7.87. The Bertz CT molecular complexity index is 1070. The van der Waals surface area contributed by atoms with Crippen LogP contribution in [0.15, 0.2) is 33.7 Å². The van der Waals surface area contributed by atoms with Gasteiger partial charge in [0, 0.05) is 30.3 Å². The van der Waals surface area contributed by atoms with Crippen LogP contribution in [0.3, 0.4) is 0 Å². The van der Waals surface area contributed by atoms with E-state index in [1.54, 1.807) is 6.07 Å². The van der Waals surface area contributed by atoms with E-state index in [1.807, 2.05) is 13.8 Å². The molecule has 0 atom stereocenters. The number of sulfonamides is 1. The number of pyridine rings is 1. The SMILES string of the molecule is CC(C)c1noc(CCCNS(=O)(=O)c2cc3ccc(Cl)nc3cc2F)n1. The van der Waals surface area contributed by atoms with E-state index in [1.165, 1.54) is 12.1 Å². The molecule has 7 nitrogen and oxygen atoms in total. The summed E-state index contributed by atoms with van der Waals surface area (Å²) in [6.45, 7) is 4.01. The Morgan fingerprint density at radius 2 is 2.04 bits per heavy atom. The number of aryl methyl sites for hydroxylation is 1. The van der Waals surface area contributed by atoms with E-state index in [2.05, 4.69) is 19.8 Å². The maximum absolute atomic E-state index is 14.3. The zero-order valence-corrected chi connectivity index (χ0v) is 16.3. The first-order valence-corrected chi connectivity index (χ1v) is 10.2. The summed E-state index contributed by atoms with van der Waals surface area (Å²) in [4.78, 5) is 7.76. The summed E-state index contributed by atoms with van der Waals surface area (Å²) in [5.74, 6) is 0.319. The van der Waals surface area contributed by atoms with Crippen molar-refractivity contribution in [2.24, 2.45) is 0 Å². The highest BCUT2D eigenvalue weighted by atomic mass is 35.5. The first-order chi connectivity index (χ1) is 12.8. The van der Waals surface area contributed by atoms with E-state index in [4.69, 9.17) is 16.1 Å². The van der Waals surface area contributed by atoms with Crippen LogP contribution >= 0.6 is 11.6 Å². The minimum absolute atomic E-state index is 0.109. The van der Waals surface area contributed by atoms with Crippen molar-refractivity contribution in [3.05, 3.63) is 47.0 Å². The third-order valence-electron chi connectivity index (χ3n) is 3.86. The number of hydrogen-bond acceptors (Lipinski definition) is 6. The average molecular weight is 413 g/mol. The number of nitrogens with one attached hydrogen (secondary N) is 1. The van der Waals surface area contributed by atoms with Crippen molar-refractivity contribution < 1.29 is 17.3 Å². The van der Waals surface area contributed by atoms with Gasteiger partial charge in [0.25, 0.3) is 0 Å². The fourth-order valence-electron chi connectivity index (χ4n) is 2.43. The highest BCUT2D eigenvalue weighted by Crippen LogP contribution is 2.23. The molecule has 0 aliphatic rings. The number of fused-ring (bicyclic) bond motifs is 1. The third-order valence-corrected chi connectivity index (χ3v) is 5.54. The summed E-state index contributed by atoms with van der Waals surface area (Å²) in [5, 5.41) is 4.53. The predicted octanol–water partition coefficient (Wildman–Crippen LogP) is 3.44. The van der Waals surface area contributed by atoms with Crippen molar-refractivity contribution >= 4 is 32.5 Å². The lowest BCUT2D eigenvalue weighted by molar-refractivity contribution is 0.368. The van der Waals surface area contributed by atoms with Crippen LogP contribution in [-0.2, 0) is 16.4 Å². The van der Waals surface area contributed by atoms with Gasteiger partial charge in [0.05, 0.1) is 5.52 Å². The molecule has 0 bridgehead atoms. The zero-order chi connectivity index (χ0) is 19.6. The molecule has 0 amide bonds. The third kappa shape index (κ3) is 4.60. The summed E-state index contributed by atoms with van der Waals surface area (Å²) in [6, 6.07) is 5.40. The van der Waals surface area contributed by atoms with Gasteiger partial charge in [0.2, 0.25) is 15.9 Å². The number of benzene rings is 1. The van der Waals surface area contributed by atoms with Crippen LogP contribution in [0.25, 0.3) is 10.9 Å². The van der Waals surface area contributed by atoms with E-state index in [0.29, 0.717) is 29.9 Å². The Kier molecular flexibility index (Phi) is 5.73. The monoisotopic (exact) mass is 412 g/mol. The maximum Gasteiger partial charge on any atom is 0.243 e. The molecule has 1 aromatic carbocycles. The minimum atomic E-state index is -4.01. The molecule has 10 heteroatoms. The quantitative estimate of drug-likeness (QED) is 0.471. The van der Waals surface area contributed by atoms with Gasteiger partial charge < -0.3 is 4.52 Å². The van der Waals surface area contributed by atoms with Gasteiger partial charge >= 0.3 is 0 Å². The van der Waals surface area contributed by atoms with E-state index < -0.39 is 20.7 Å². The Morgan fingerprint density at radius 3 is 2.74 bits per heavy atom. The molecule has 144 valence electrons. The van der Waals surface area contributed by atoms with Crippen LogP contribution < -0.4 is 4.72 Å². The first-order valence-electron chi connectivity index (χ1n) is 8.34. The molecule has 0 radical (unpaired) electrons. The maximum atomic E-state index is 14.3. The summed E-state index contributed by atoms with van der Waals surface area (Å²) in [7, 11) is -4.01. The van der Waals surface area contributed by atoms with Crippen LogP contribution in [0.1, 0.15) is 37.9 Å². The van der Waals surface area contributed by atoms with Crippen molar-refractivity contribution in [1.29, 1.82) is 0 Å². The molecule has 3 rings (SSSR count). The topological polar surface area (TPSA) is 98.0 Å². The van der Waals surface area contributed by atoms with Crippen molar-refractivity contribution in [3.63, 3.8) is 0 Å². The predicted molar refractivity (Wildman–Crippen MR) is 98.6 cm³/mol. The summed E-state index contributed by atoms with van der Waals surface area (Å²) in [6.07, 6.45) is 0.857. The van der Waals surface area contributed by atoms with E-state index in [9.17, 15) is 12.8 Å². The second-order valence-corrected chi connectivity index (χ2v) is 8.43. The molecular formula is C17H18ClFN4O3S. The Labute approximate surface area is 161 Å². The van der Waals surface area contributed by atoms with Crippen molar-refractivity contribution in [2.75, 3.05) is 6.54 Å². The number of halogens is 2. The van der Waals surface area contributed by atoms with Gasteiger partial charge in [-0.25, -0.2) is 22.5 Å². The molecule has 0 unspecified atom stereocenters. The fraction of sp³-hybridized carbons (Fsp3) is 0.353. The van der Waals surface area contributed by atoms with E-state index in [-0.39, 0.29) is 23.1 Å². The first kappa shape index (κ1) is 19.7. The fourth-order valence-corrected chi connectivity index (χ4v) is 3.75. The highest BCUT2D eigenvalue weighted by Gasteiger charge is 2.20. The van der Waals surface area contributed by atoms with E-state index >= 15 is 0 Å². The van der Waals surface area contributed by atoms with Crippen molar-refractivity contribution in [2.45, 2.75) is 37.5 Å². The van der Waals surface area contributed by atoms with Gasteiger partial charge in [-0.15, -0.1) is 0 Å². The van der Waals surface area contributed by atoms with Crippen LogP contribution in [0.2, 0.25) is 5.15 Å².